The van der Waals surface area contributed by atoms with Crippen molar-refractivity contribution < 1.29 is 14.4 Å². The molecule has 1 atom stereocenters. The van der Waals surface area contributed by atoms with Crippen molar-refractivity contribution in [2.75, 3.05) is 0 Å². The number of fused-ring (bicyclic) bond motifs is 5. The number of amidine groups is 1. The van der Waals surface area contributed by atoms with E-state index in [9.17, 15) is 9.90 Å². The highest BCUT2D eigenvalue weighted by Crippen LogP contribution is 2.34. The maximum absolute atomic E-state index is 11.8. The van der Waals surface area contributed by atoms with Crippen molar-refractivity contribution in [3.05, 3.63) is 59.4 Å². The van der Waals surface area contributed by atoms with E-state index in [-0.39, 0.29) is 6.54 Å². The SMILES string of the molecule is O=C([O-])[N+]12C=CN=C1c1ccc(Cl)cc1-n1cncc1C2. The summed E-state index contributed by atoms with van der Waals surface area (Å²) >= 11 is 6.08. The molecule has 4 rings (SSSR count). The first kappa shape index (κ1) is 12.3. The lowest BCUT2D eigenvalue weighted by atomic mass is 10.1. The lowest BCUT2D eigenvalue weighted by Crippen LogP contribution is -2.56. The Hall–Kier alpha value is -2.44. The average Bonchev–Trinajstić information content (AvgIpc) is 3.05. The van der Waals surface area contributed by atoms with Crippen LogP contribution in [0.5, 0.6) is 0 Å². The van der Waals surface area contributed by atoms with Crippen molar-refractivity contribution in [3.63, 3.8) is 0 Å². The number of aromatic nitrogens is 2. The fourth-order valence-electron chi connectivity index (χ4n) is 2.82. The third-order valence-electron chi connectivity index (χ3n) is 3.81. The van der Waals surface area contributed by atoms with E-state index in [1.54, 1.807) is 30.7 Å². The molecule has 7 heteroatoms. The molecular formula is C14H9ClN4O2. The summed E-state index contributed by atoms with van der Waals surface area (Å²) in [6, 6.07) is 5.26. The van der Waals surface area contributed by atoms with E-state index >= 15 is 0 Å². The van der Waals surface area contributed by atoms with Gasteiger partial charge in [0.05, 0.1) is 35.7 Å². The summed E-state index contributed by atoms with van der Waals surface area (Å²) in [5.41, 5.74) is 2.21. The maximum Gasteiger partial charge on any atom is 0.269 e. The predicted molar refractivity (Wildman–Crippen MR) is 73.6 cm³/mol. The number of carboxylic acid groups (broad SMARTS) is 1. The second-order valence-corrected chi connectivity index (χ2v) is 5.40. The van der Waals surface area contributed by atoms with Crippen LogP contribution in [0.1, 0.15) is 11.3 Å². The highest BCUT2D eigenvalue weighted by Gasteiger charge is 2.43. The van der Waals surface area contributed by atoms with Crippen LogP contribution < -0.4 is 5.11 Å². The summed E-state index contributed by atoms with van der Waals surface area (Å²) in [5, 5.41) is 12.4. The smallest absolute Gasteiger partial charge is 0.269 e. The third-order valence-corrected chi connectivity index (χ3v) is 4.04. The molecule has 0 spiro atoms. The quantitative estimate of drug-likeness (QED) is 0.691. The summed E-state index contributed by atoms with van der Waals surface area (Å²) in [4.78, 5) is 20.2. The van der Waals surface area contributed by atoms with Crippen LogP contribution in [0.4, 0.5) is 4.79 Å². The van der Waals surface area contributed by atoms with Crippen molar-refractivity contribution in [3.8, 4) is 5.69 Å². The van der Waals surface area contributed by atoms with Gasteiger partial charge in [-0.05, 0) is 18.2 Å². The number of rotatable bonds is 0. The number of aliphatic imine (C=N–C) groups is 1. The number of carbonyl (C=O) groups excluding carboxylic acids is 1. The fraction of sp³-hybridized carbons (Fsp3) is 0.0714. The molecule has 0 saturated carbocycles. The molecule has 1 unspecified atom stereocenters. The predicted octanol–water partition coefficient (Wildman–Crippen LogP) is 1.43. The molecule has 2 aromatic rings. The third kappa shape index (κ3) is 1.54. The van der Waals surface area contributed by atoms with Gasteiger partial charge in [0.2, 0.25) is 5.84 Å². The molecule has 1 amide bonds. The number of halogens is 1. The first-order valence-corrected chi connectivity index (χ1v) is 6.66. The summed E-state index contributed by atoms with van der Waals surface area (Å²) in [5.74, 6) is 0.422. The number of quaternary nitrogens is 1. The van der Waals surface area contributed by atoms with Crippen LogP contribution in [0.15, 0.2) is 48.1 Å². The van der Waals surface area contributed by atoms with Crippen molar-refractivity contribution in [2.45, 2.75) is 6.54 Å². The number of hydrogen-bond donors (Lipinski definition) is 0. The Kier molecular flexibility index (Phi) is 2.36. The summed E-state index contributed by atoms with van der Waals surface area (Å²) in [6.07, 6.45) is 5.07. The fourth-order valence-corrected chi connectivity index (χ4v) is 2.99. The second kappa shape index (κ2) is 4.03. The Morgan fingerprint density at radius 1 is 1.43 bits per heavy atom. The normalized spacial score (nSPS) is 22.0. The number of amides is 1. The van der Waals surface area contributed by atoms with Gasteiger partial charge in [0, 0.05) is 5.02 Å². The monoisotopic (exact) mass is 300 g/mol. The van der Waals surface area contributed by atoms with E-state index in [1.807, 2.05) is 4.57 Å². The highest BCUT2D eigenvalue weighted by molar-refractivity contribution is 6.31. The van der Waals surface area contributed by atoms with Gasteiger partial charge in [-0.15, -0.1) is 0 Å². The van der Waals surface area contributed by atoms with E-state index in [4.69, 9.17) is 11.6 Å². The van der Waals surface area contributed by atoms with Gasteiger partial charge in [0.25, 0.3) is 6.09 Å². The lowest BCUT2D eigenvalue weighted by molar-refractivity contribution is -0.750. The minimum atomic E-state index is -1.22. The first-order valence-electron chi connectivity index (χ1n) is 6.29. The Labute approximate surface area is 124 Å². The zero-order valence-corrected chi connectivity index (χ0v) is 11.5. The molecule has 6 nitrogen and oxygen atoms in total. The van der Waals surface area contributed by atoms with Crippen LogP contribution in [-0.4, -0.2) is 26.0 Å². The molecule has 0 aliphatic carbocycles. The van der Waals surface area contributed by atoms with Crippen LogP contribution in [0.25, 0.3) is 5.69 Å². The van der Waals surface area contributed by atoms with E-state index in [1.165, 1.54) is 12.4 Å². The topological polar surface area (TPSA) is 70.3 Å². The van der Waals surface area contributed by atoms with E-state index in [2.05, 4.69) is 9.98 Å². The lowest BCUT2D eigenvalue weighted by Gasteiger charge is -2.29. The Balaban J connectivity index is 2.09. The molecule has 2 aliphatic heterocycles. The first-order chi connectivity index (χ1) is 10.1. The molecule has 1 aromatic heterocycles. The molecule has 0 radical (unpaired) electrons. The van der Waals surface area contributed by atoms with Gasteiger partial charge in [-0.25, -0.2) is 4.98 Å². The van der Waals surface area contributed by atoms with Crippen LogP contribution in [0.3, 0.4) is 0 Å². The molecule has 0 bridgehead atoms. The van der Waals surface area contributed by atoms with Gasteiger partial charge in [-0.1, -0.05) is 11.6 Å². The van der Waals surface area contributed by atoms with Gasteiger partial charge in [0.1, 0.15) is 12.7 Å². The Morgan fingerprint density at radius 3 is 3.10 bits per heavy atom. The van der Waals surface area contributed by atoms with E-state index in [0.717, 1.165) is 11.4 Å². The van der Waals surface area contributed by atoms with Gasteiger partial charge < -0.3 is 9.90 Å². The van der Waals surface area contributed by atoms with Crippen molar-refractivity contribution in [1.82, 2.24) is 9.55 Å². The molecule has 1 aromatic carbocycles. The second-order valence-electron chi connectivity index (χ2n) is 4.96. The standard InChI is InChI=1S/C14H9ClN4O2/c15-9-1-2-11-12(5-9)18-8-16-6-10(18)7-19(14(20)21)4-3-17-13(11)19/h1-6,8H,7H2. The van der Waals surface area contributed by atoms with Gasteiger partial charge in [0.15, 0.2) is 0 Å². The largest absolute Gasteiger partial charge is 0.498 e. The van der Waals surface area contributed by atoms with Crippen molar-refractivity contribution >= 4 is 23.5 Å². The zero-order chi connectivity index (χ0) is 14.6. The Morgan fingerprint density at radius 2 is 2.29 bits per heavy atom. The van der Waals surface area contributed by atoms with Gasteiger partial charge >= 0.3 is 0 Å². The highest BCUT2D eigenvalue weighted by atomic mass is 35.5. The zero-order valence-electron chi connectivity index (χ0n) is 10.7. The van der Waals surface area contributed by atoms with E-state index < -0.39 is 10.6 Å². The summed E-state index contributed by atoms with van der Waals surface area (Å²) in [6.45, 7) is 0.184. The number of hydrogen-bond acceptors (Lipinski definition) is 4. The molecular weight excluding hydrogens is 292 g/mol. The van der Waals surface area contributed by atoms with Crippen molar-refractivity contribution in [1.29, 1.82) is 0 Å². The minimum absolute atomic E-state index is 0.184. The molecule has 0 fully saturated rings. The van der Waals surface area contributed by atoms with Crippen LogP contribution >= 0.6 is 11.6 Å². The molecule has 3 heterocycles. The number of benzene rings is 1. The molecule has 2 aliphatic rings. The van der Waals surface area contributed by atoms with Crippen LogP contribution in [0.2, 0.25) is 5.02 Å². The molecule has 0 saturated heterocycles. The van der Waals surface area contributed by atoms with Crippen LogP contribution in [-0.2, 0) is 6.54 Å². The maximum atomic E-state index is 11.8. The number of nitrogens with zero attached hydrogens (tertiary/aromatic N) is 4. The summed E-state index contributed by atoms with van der Waals surface area (Å²) in [7, 11) is 0. The average molecular weight is 301 g/mol. The molecule has 104 valence electrons. The van der Waals surface area contributed by atoms with E-state index in [0.29, 0.717) is 16.4 Å². The van der Waals surface area contributed by atoms with Crippen LogP contribution in [0, 0.1) is 0 Å². The van der Waals surface area contributed by atoms with Gasteiger partial charge in [-0.2, -0.15) is 9.48 Å². The molecule has 21 heavy (non-hydrogen) atoms. The minimum Gasteiger partial charge on any atom is -0.498 e. The van der Waals surface area contributed by atoms with Gasteiger partial charge in [-0.3, -0.25) is 4.57 Å². The van der Waals surface area contributed by atoms with Crippen molar-refractivity contribution in [2.24, 2.45) is 4.99 Å². The molecule has 0 N–H and O–H groups in total. The Bertz CT molecular complexity index is 839. The summed E-state index contributed by atoms with van der Waals surface area (Å²) < 4.78 is 1.36. The number of imidazole rings is 1. The number of carbonyl (C=O) groups is 1.